The maximum Gasteiger partial charge on any atom is 0.162 e. The number of nitrogens with zero attached hydrogens (tertiary/aromatic N) is 1. The molecule has 1 aliphatic heterocycles. The minimum Gasteiger partial charge on any atom is -0.464 e. The topological polar surface area (TPSA) is 92.0 Å². The van der Waals surface area contributed by atoms with Crippen molar-refractivity contribution in [1.29, 1.82) is 5.26 Å². The molecule has 0 unspecified atom stereocenters. The molecule has 5 heteroatoms. The number of nitrogens with two attached hydrogens (primary N) is 1. The largest absolute Gasteiger partial charge is 0.464 e. The lowest BCUT2D eigenvalue weighted by molar-refractivity contribution is -0.118. The molecule has 1 aromatic heterocycles. The number of fused-ring (bicyclic) bond motifs is 1. The first-order chi connectivity index (χ1) is 11.9. The zero-order valence-electron chi connectivity index (χ0n) is 14.2. The van der Waals surface area contributed by atoms with Crippen molar-refractivity contribution in [3.63, 3.8) is 0 Å². The number of dihydropyridines is 1. The van der Waals surface area contributed by atoms with Gasteiger partial charge < -0.3 is 15.5 Å². The van der Waals surface area contributed by atoms with Crippen LogP contribution < -0.4 is 11.1 Å². The third kappa shape index (κ3) is 2.33. The molecule has 2 aromatic rings. The zero-order chi connectivity index (χ0) is 17.8. The Balaban J connectivity index is 1.96. The summed E-state index contributed by atoms with van der Waals surface area (Å²) in [5.74, 6) is -0.0928. The van der Waals surface area contributed by atoms with E-state index in [1.807, 2.05) is 24.3 Å². The van der Waals surface area contributed by atoms with Crippen LogP contribution in [0.1, 0.15) is 38.2 Å². The third-order valence-electron chi connectivity index (χ3n) is 5.02. The van der Waals surface area contributed by atoms with Crippen LogP contribution in [0.4, 0.5) is 0 Å². The highest BCUT2D eigenvalue weighted by molar-refractivity contribution is 6.01. The molecule has 2 aliphatic rings. The van der Waals surface area contributed by atoms with Gasteiger partial charge in [0.15, 0.2) is 5.78 Å². The summed E-state index contributed by atoms with van der Waals surface area (Å²) in [6.45, 7) is 4.14. The SMILES string of the molecule is CC1(C)CC(=O)C2=C(C1)NC(N)=C(C#N)[C@@H]2c1coc2ccccc12. The molecule has 25 heavy (non-hydrogen) atoms. The van der Waals surface area contributed by atoms with E-state index in [-0.39, 0.29) is 11.2 Å². The third-order valence-corrected chi connectivity index (χ3v) is 5.02. The Hall–Kier alpha value is -3.00. The van der Waals surface area contributed by atoms with E-state index in [0.717, 1.165) is 28.7 Å². The highest BCUT2D eigenvalue weighted by atomic mass is 16.3. The van der Waals surface area contributed by atoms with Gasteiger partial charge in [0.05, 0.1) is 23.8 Å². The number of Topliss-reactive ketones (excluding diaryl/α,β-unsaturated/α-hetero) is 1. The number of carbonyl (C=O) groups excluding carboxylic acids is 1. The Labute approximate surface area is 145 Å². The summed E-state index contributed by atoms with van der Waals surface area (Å²) in [5.41, 5.74) is 9.41. The van der Waals surface area contributed by atoms with E-state index in [1.165, 1.54) is 0 Å². The van der Waals surface area contributed by atoms with Crippen LogP contribution in [-0.2, 0) is 4.79 Å². The molecule has 0 amide bonds. The van der Waals surface area contributed by atoms with Gasteiger partial charge in [-0.1, -0.05) is 32.0 Å². The van der Waals surface area contributed by atoms with Crippen molar-refractivity contribution in [1.82, 2.24) is 5.32 Å². The number of hydrogen-bond acceptors (Lipinski definition) is 5. The summed E-state index contributed by atoms with van der Waals surface area (Å²) in [5, 5.41) is 13.7. The van der Waals surface area contributed by atoms with Crippen molar-refractivity contribution in [3.8, 4) is 6.07 Å². The van der Waals surface area contributed by atoms with E-state index >= 15 is 0 Å². The van der Waals surface area contributed by atoms with Crippen LogP contribution in [0.3, 0.4) is 0 Å². The van der Waals surface area contributed by atoms with Crippen molar-refractivity contribution in [2.24, 2.45) is 11.1 Å². The zero-order valence-corrected chi connectivity index (χ0v) is 14.2. The van der Waals surface area contributed by atoms with Gasteiger partial charge in [0.1, 0.15) is 11.4 Å². The number of hydrogen-bond donors (Lipinski definition) is 2. The van der Waals surface area contributed by atoms with E-state index in [0.29, 0.717) is 23.4 Å². The lowest BCUT2D eigenvalue weighted by Crippen LogP contribution is -2.39. The maximum atomic E-state index is 13.0. The molecule has 1 atom stereocenters. The van der Waals surface area contributed by atoms with Gasteiger partial charge in [0.2, 0.25) is 0 Å². The Kier molecular flexibility index (Phi) is 3.26. The van der Waals surface area contributed by atoms with Crippen LogP contribution in [0.2, 0.25) is 0 Å². The normalized spacial score (nSPS) is 22.6. The molecule has 0 spiro atoms. The minimum atomic E-state index is -0.478. The molecular formula is C20H19N3O2. The number of ketones is 1. The summed E-state index contributed by atoms with van der Waals surface area (Å²) in [6.07, 6.45) is 2.82. The molecule has 2 heterocycles. The Bertz CT molecular complexity index is 1000. The monoisotopic (exact) mass is 333 g/mol. The van der Waals surface area contributed by atoms with Gasteiger partial charge in [0.25, 0.3) is 0 Å². The smallest absolute Gasteiger partial charge is 0.162 e. The van der Waals surface area contributed by atoms with Crippen molar-refractivity contribution in [3.05, 3.63) is 58.8 Å². The van der Waals surface area contributed by atoms with E-state index in [2.05, 4.69) is 25.2 Å². The standard InChI is InChI=1S/C20H19N3O2/c1-20(2)7-14-18(15(24)8-20)17(12(9-21)19(22)23-14)13-10-25-16-6-4-3-5-11(13)16/h3-6,10,17,23H,7-8,22H2,1-2H3/t17-/m1/s1. The summed E-state index contributed by atoms with van der Waals surface area (Å²) in [7, 11) is 0. The van der Waals surface area contributed by atoms with Gasteiger partial charge in [-0.2, -0.15) is 5.26 Å². The first kappa shape index (κ1) is 15.5. The minimum absolute atomic E-state index is 0.0641. The highest BCUT2D eigenvalue weighted by Gasteiger charge is 2.42. The number of para-hydroxylation sites is 1. The number of nitrogens with one attached hydrogen (secondary N) is 1. The predicted octanol–water partition coefficient (Wildman–Crippen LogP) is 3.46. The van der Waals surface area contributed by atoms with Gasteiger partial charge in [-0.3, -0.25) is 4.79 Å². The lowest BCUT2D eigenvalue weighted by atomic mass is 9.69. The fourth-order valence-corrected chi connectivity index (χ4v) is 3.97. The molecule has 0 saturated carbocycles. The quantitative estimate of drug-likeness (QED) is 0.834. The van der Waals surface area contributed by atoms with Crippen molar-refractivity contribution in [2.75, 3.05) is 0 Å². The number of rotatable bonds is 1. The van der Waals surface area contributed by atoms with E-state index < -0.39 is 5.92 Å². The first-order valence-corrected chi connectivity index (χ1v) is 8.30. The molecular weight excluding hydrogens is 314 g/mol. The van der Waals surface area contributed by atoms with Gasteiger partial charge in [-0.05, 0) is 17.9 Å². The van der Waals surface area contributed by atoms with Crippen molar-refractivity contribution < 1.29 is 9.21 Å². The van der Waals surface area contributed by atoms with Gasteiger partial charge in [-0.25, -0.2) is 0 Å². The Morgan fingerprint density at radius 2 is 2.08 bits per heavy atom. The first-order valence-electron chi connectivity index (χ1n) is 8.30. The lowest BCUT2D eigenvalue weighted by Gasteiger charge is -2.38. The fourth-order valence-electron chi connectivity index (χ4n) is 3.97. The number of benzene rings is 1. The second-order valence-corrected chi connectivity index (χ2v) is 7.52. The van der Waals surface area contributed by atoms with E-state index in [4.69, 9.17) is 10.2 Å². The molecule has 1 aliphatic carbocycles. The average Bonchev–Trinajstić information content (AvgIpc) is 2.96. The fraction of sp³-hybridized carbons (Fsp3) is 0.300. The van der Waals surface area contributed by atoms with Crippen molar-refractivity contribution >= 4 is 16.8 Å². The van der Waals surface area contributed by atoms with E-state index in [1.54, 1.807) is 6.26 Å². The molecule has 0 saturated heterocycles. The molecule has 0 radical (unpaired) electrons. The molecule has 5 nitrogen and oxygen atoms in total. The van der Waals surface area contributed by atoms with E-state index in [9.17, 15) is 10.1 Å². The Morgan fingerprint density at radius 3 is 2.84 bits per heavy atom. The van der Waals surface area contributed by atoms with Crippen LogP contribution in [0.25, 0.3) is 11.0 Å². The summed E-state index contributed by atoms with van der Waals surface area (Å²) >= 11 is 0. The van der Waals surface area contributed by atoms with Crippen LogP contribution >= 0.6 is 0 Å². The van der Waals surface area contributed by atoms with Gasteiger partial charge in [-0.15, -0.1) is 0 Å². The molecule has 0 bridgehead atoms. The number of nitriles is 1. The highest BCUT2D eigenvalue weighted by Crippen LogP contribution is 2.47. The predicted molar refractivity (Wildman–Crippen MR) is 94.0 cm³/mol. The number of furan rings is 1. The van der Waals surface area contributed by atoms with Gasteiger partial charge in [0, 0.05) is 28.6 Å². The molecule has 1 aromatic carbocycles. The van der Waals surface area contributed by atoms with Crippen molar-refractivity contribution in [2.45, 2.75) is 32.6 Å². The molecule has 4 rings (SSSR count). The Morgan fingerprint density at radius 1 is 1.32 bits per heavy atom. The summed E-state index contributed by atoms with van der Waals surface area (Å²) in [4.78, 5) is 13.0. The summed E-state index contributed by atoms with van der Waals surface area (Å²) in [6, 6.07) is 9.83. The average molecular weight is 333 g/mol. The maximum absolute atomic E-state index is 13.0. The van der Waals surface area contributed by atoms with Crippen LogP contribution in [0.15, 0.2) is 57.6 Å². The summed E-state index contributed by atoms with van der Waals surface area (Å²) < 4.78 is 5.66. The molecule has 3 N–H and O–H groups in total. The van der Waals surface area contributed by atoms with Gasteiger partial charge >= 0.3 is 0 Å². The molecule has 126 valence electrons. The number of carbonyl (C=O) groups is 1. The van der Waals surface area contributed by atoms with Crippen LogP contribution in [-0.4, -0.2) is 5.78 Å². The number of allylic oxidation sites excluding steroid dienone is 3. The molecule has 0 fully saturated rings. The van der Waals surface area contributed by atoms with Crippen LogP contribution in [0.5, 0.6) is 0 Å². The second-order valence-electron chi connectivity index (χ2n) is 7.52. The van der Waals surface area contributed by atoms with Crippen LogP contribution in [0, 0.1) is 16.7 Å². The second kappa shape index (κ2) is 5.25.